The molecule has 21 heavy (non-hydrogen) atoms. The van der Waals surface area contributed by atoms with Crippen LogP contribution in [-0.2, 0) is 6.18 Å². The molecule has 0 amide bonds. The Morgan fingerprint density at radius 3 is 2.24 bits per heavy atom. The molecule has 0 heterocycles. The average molecular weight is 380 g/mol. The maximum absolute atomic E-state index is 12.6. The van der Waals surface area contributed by atoms with E-state index in [0.29, 0.717) is 16.3 Å². The van der Waals surface area contributed by atoms with Crippen LogP contribution in [0, 0.1) is 0 Å². The molecule has 0 bridgehead atoms. The number of alkyl halides is 4. The lowest BCUT2D eigenvalue weighted by molar-refractivity contribution is -0.137. The standard InChI is InChI=1S/C15H11BrClF3O/c1-21-13-7-6-11(17)8-12(13)14(16)9-2-4-10(5-3-9)15(18,19)20/h2-8,14H,1H3. The van der Waals surface area contributed by atoms with Gasteiger partial charge >= 0.3 is 6.18 Å². The van der Waals surface area contributed by atoms with Crippen LogP contribution in [0.5, 0.6) is 5.75 Å². The van der Waals surface area contributed by atoms with Gasteiger partial charge in [-0.1, -0.05) is 39.7 Å². The SMILES string of the molecule is COc1ccc(Cl)cc1C(Br)c1ccc(C(F)(F)F)cc1. The Morgan fingerprint density at radius 1 is 1.10 bits per heavy atom. The minimum absolute atomic E-state index is 0.312. The monoisotopic (exact) mass is 378 g/mol. The normalized spacial score (nSPS) is 13.0. The van der Waals surface area contributed by atoms with Crippen molar-refractivity contribution in [2.45, 2.75) is 11.0 Å². The Hall–Kier alpha value is -1.20. The molecule has 6 heteroatoms. The summed E-state index contributed by atoms with van der Waals surface area (Å²) in [5.74, 6) is 0.612. The van der Waals surface area contributed by atoms with Gasteiger partial charge in [-0.2, -0.15) is 13.2 Å². The molecule has 2 aromatic rings. The number of methoxy groups -OCH3 is 1. The molecule has 1 atom stereocenters. The second kappa shape index (κ2) is 6.28. The lowest BCUT2D eigenvalue weighted by Gasteiger charge is -2.16. The minimum Gasteiger partial charge on any atom is -0.496 e. The highest BCUT2D eigenvalue weighted by atomic mass is 79.9. The minimum atomic E-state index is -4.34. The Kier molecular flexibility index (Phi) is 4.84. The van der Waals surface area contributed by atoms with E-state index < -0.39 is 11.7 Å². The molecule has 0 aliphatic heterocycles. The second-order valence-corrected chi connectivity index (χ2v) is 5.72. The number of rotatable bonds is 3. The molecule has 0 saturated carbocycles. The number of benzene rings is 2. The van der Waals surface area contributed by atoms with Gasteiger partial charge in [-0.05, 0) is 35.9 Å². The summed E-state index contributed by atoms with van der Waals surface area (Å²) >= 11 is 9.44. The summed E-state index contributed by atoms with van der Waals surface area (Å²) in [5, 5.41) is 0.530. The summed E-state index contributed by atoms with van der Waals surface area (Å²) < 4.78 is 43.0. The largest absolute Gasteiger partial charge is 0.496 e. The Bertz CT molecular complexity index is 626. The van der Waals surface area contributed by atoms with Crippen molar-refractivity contribution in [2.75, 3.05) is 7.11 Å². The zero-order valence-electron chi connectivity index (χ0n) is 10.9. The lowest BCUT2D eigenvalue weighted by Crippen LogP contribution is -2.05. The Morgan fingerprint density at radius 2 is 1.71 bits per heavy atom. The highest BCUT2D eigenvalue weighted by Gasteiger charge is 2.30. The Labute approximate surface area is 133 Å². The zero-order chi connectivity index (χ0) is 15.6. The fourth-order valence-corrected chi connectivity index (χ4v) is 2.77. The van der Waals surface area contributed by atoms with Gasteiger partial charge in [0.05, 0.1) is 17.5 Å². The molecule has 1 unspecified atom stereocenters. The molecule has 0 fully saturated rings. The molecule has 0 N–H and O–H groups in total. The van der Waals surface area contributed by atoms with Crippen LogP contribution in [0.3, 0.4) is 0 Å². The van der Waals surface area contributed by atoms with Crippen LogP contribution in [0.25, 0.3) is 0 Å². The number of ether oxygens (including phenoxy) is 1. The molecule has 0 aliphatic rings. The molecular weight excluding hydrogens is 369 g/mol. The van der Waals surface area contributed by atoms with E-state index in [4.69, 9.17) is 16.3 Å². The van der Waals surface area contributed by atoms with Gasteiger partial charge in [0.2, 0.25) is 0 Å². The first-order chi connectivity index (χ1) is 9.82. The first kappa shape index (κ1) is 16.2. The van der Waals surface area contributed by atoms with Gasteiger partial charge in [-0.25, -0.2) is 0 Å². The van der Waals surface area contributed by atoms with Crippen molar-refractivity contribution in [2.24, 2.45) is 0 Å². The van der Waals surface area contributed by atoms with Crippen molar-refractivity contribution < 1.29 is 17.9 Å². The van der Waals surface area contributed by atoms with E-state index in [1.165, 1.54) is 19.2 Å². The molecule has 0 radical (unpaired) electrons. The fraction of sp³-hybridized carbons (Fsp3) is 0.200. The smallest absolute Gasteiger partial charge is 0.416 e. The quantitative estimate of drug-likeness (QED) is 0.608. The Balaban J connectivity index is 2.36. The van der Waals surface area contributed by atoms with Gasteiger partial charge in [-0.3, -0.25) is 0 Å². The van der Waals surface area contributed by atoms with Crippen molar-refractivity contribution in [3.63, 3.8) is 0 Å². The third-order valence-electron chi connectivity index (χ3n) is 3.00. The maximum atomic E-state index is 12.6. The van der Waals surface area contributed by atoms with E-state index in [-0.39, 0.29) is 4.83 Å². The van der Waals surface area contributed by atoms with Gasteiger partial charge in [-0.15, -0.1) is 0 Å². The highest BCUT2D eigenvalue weighted by molar-refractivity contribution is 9.09. The van der Waals surface area contributed by atoms with Crippen molar-refractivity contribution in [1.29, 1.82) is 0 Å². The van der Waals surface area contributed by atoms with Crippen LogP contribution in [0.4, 0.5) is 13.2 Å². The maximum Gasteiger partial charge on any atom is 0.416 e. The van der Waals surface area contributed by atoms with E-state index in [9.17, 15) is 13.2 Å². The van der Waals surface area contributed by atoms with Gasteiger partial charge in [0.1, 0.15) is 5.75 Å². The molecule has 0 spiro atoms. The highest BCUT2D eigenvalue weighted by Crippen LogP contribution is 2.39. The average Bonchev–Trinajstić information content (AvgIpc) is 2.45. The van der Waals surface area contributed by atoms with Crippen LogP contribution in [0.2, 0.25) is 5.02 Å². The molecule has 0 saturated heterocycles. The van der Waals surface area contributed by atoms with E-state index in [2.05, 4.69) is 15.9 Å². The van der Waals surface area contributed by atoms with Crippen LogP contribution < -0.4 is 4.74 Å². The van der Waals surface area contributed by atoms with Crippen molar-refractivity contribution in [3.05, 3.63) is 64.2 Å². The topological polar surface area (TPSA) is 9.23 Å². The van der Waals surface area contributed by atoms with Gasteiger partial charge in [0.15, 0.2) is 0 Å². The van der Waals surface area contributed by atoms with Crippen LogP contribution in [0.1, 0.15) is 21.5 Å². The fourth-order valence-electron chi connectivity index (χ4n) is 1.92. The van der Waals surface area contributed by atoms with E-state index in [0.717, 1.165) is 17.7 Å². The summed E-state index contributed by atoms with van der Waals surface area (Å²) in [6, 6.07) is 10.1. The van der Waals surface area contributed by atoms with Crippen LogP contribution in [-0.4, -0.2) is 7.11 Å². The first-order valence-corrected chi connectivity index (χ1v) is 7.27. The summed E-state index contributed by atoms with van der Waals surface area (Å²) in [7, 11) is 1.53. The first-order valence-electron chi connectivity index (χ1n) is 5.97. The number of halogens is 5. The summed E-state index contributed by atoms with van der Waals surface area (Å²) in [6.45, 7) is 0. The number of hydrogen-bond acceptors (Lipinski definition) is 1. The third kappa shape index (κ3) is 3.71. The van der Waals surface area contributed by atoms with Crippen molar-refractivity contribution in [1.82, 2.24) is 0 Å². The van der Waals surface area contributed by atoms with Crippen molar-refractivity contribution in [3.8, 4) is 5.75 Å². The zero-order valence-corrected chi connectivity index (χ0v) is 13.3. The number of hydrogen-bond donors (Lipinski definition) is 0. The molecule has 0 aromatic heterocycles. The van der Waals surface area contributed by atoms with Gasteiger partial charge in [0.25, 0.3) is 0 Å². The molecule has 2 aromatic carbocycles. The molecule has 112 valence electrons. The molecule has 2 rings (SSSR count). The van der Waals surface area contributed by atoms with E-state index in [1.807, 2.05) is 0 Å². The van der Waals surface area contributed by atoms with Crippen LogP contribution >= 0.6 is 27.5 Å². The van der Waals surface area contributed by atoms with E-state index in [1.54, 1.807) is 18.2 Å². The third-order valence-corrected chi connectivity index (χ3v) is 4.25. The molecule has 1 nitrogen and oxygen atoms in total. The molecular formula is C15H11BrClF3O. The van der Waals surface area contributed by atoms with Crippen LogP contribution in [0.15, 0.2) is 42.5 Å². The predicted molar refractivity (Wildman–Crippen MR) is 80.2 cm³/mol. The van der Waals surface area contributed by atoms with Crippen molar-refractivity contribution >= 4 is 27.5 Å². The summed E-state index contributed by atoms with van der Waals surface area (Å²) in [5.41, 5.74) is 0.761. The second-order valence-electron chi connectivity index (χ2n) is 4.37. The predicted octanol–water partition coefficient (Wildman–Crippen LogP) is 5.85. The van der Waals surface area contributed by atoms with E-state index >= 15 is 0 Å². The summed E-state index contributed by atoms with van der Waals surface area (Å²) in [4.78, 5) is -0.312. The summed E-state index contributed by atoms with van der Waals surface area (Å²) in [6.07, 6.45) is -4.34. The lowest BCUT2D eigenvalue weighted by atomic mass is 10.0. The van der Waals surface area contributed by atoms with Gasteiger partial charge in [0, 0.05) is 10.6 Å². The molecule has 0 aliphatic carbocycles. The van der Waals surface area contributed by atoms with Gasteiger partial charge < -0.3 is 4.74 Å².